The molecule has 0 rings (SSSR count). The Bertz CT molecular complexity index is 157. The maximum atomic E-state index is 9.63. The Morgan fingerprint density at radius 2 is 1.09 bits per heavy atom. The molecule has 0 saturated heterocycles. The Kier molecular flexibility index (Phi) is 10.2. The first-order chi connectivity index (χ1) is 3.71. The van der Waals surface area contributed by atoms with Gasteiger partial charge in [0, 0.05) is 0 Å². The third-order valence-electron chi connectivity index (χ3n) is 0.213. The predicted octanol–water partition coefficient (Wildman–Crippen LogP) is -2.91. The molecule has 2 radical (unpaired) electrons. The molecule has 0 fully saturated rings. The molecule has 0 saturated carbocycles. The van der Waals surface area contributed by atoms with Crippen molar-refractivity contribution in [2.75, 3.05) is 0 Å². The van der Waals surface area contributed by atoms with Crippen molar-refractivity contribution in [2.24, 2.45) is 0 Å². The number of hydrogen-bond acceptors (Lipinski definition) is 3. The SMILES string of the molecule is O=P(O)(O)OP(=O)(O)O.[AlH3].[SnH2]. The molecule has 0 aliphatic carbocycles. The Morgan fingerprint density at radius 1 is 0.909 bits per heavy atom. The predicted molar refractivity (Wildman–Crippen MR) is 43.7 cm³/mol. The molecule has 4 N–H and O–H groups in total. The van der Waals surface area contributed by atoms with E-state index in [0.717, 1.165) is 0 Å². The topological polar surface area (TPSA) is 124 Å². The first-order valence-electron chi connectivity index (χ1n) is 1.53. The van der Waals surface area contributed by atoms with E-state index >= 15 is 0 Å². The van der Waals surface area contributed by atoms with Gasteiger partial charge in [-0.15, -0.1) is 0 Å². The van der Waals surface area contributed by atoms with E-state index in [2.05, 4.69) is 4.31 Å². The molecular formula is H9AlO7P2Sn. The second-order valence-corrected chi connectivity index (χ2v) is 3.68. The molecule has 0 aromatic carbocycles. The summed E-state index contributed by atoms with van der Waals surface area (Å²) in [7, 11) is -10.1. The van der Waals surface area contributed by atoms with Gasteiger partial charge in [0.25, 0.3) is 0 Å². The Labute approximate surface area is 89.7 Å². The standard InChI is InChI=1S/Al.H4O7P2.Sn.5H/c;1-8(2,3)7-9(4,5)6;;;;;;/h;(H2,1,2,3)(H2,4,5,6);;;;;;. The second kappa shape index (κ2) is 6.11. The monoisotopic (exact) mass is 330 g/mol. The molecule has 0 atom stereocenters. The van der Waals surface area contributed by atoms with Crippen LogP contribution in [0.25, 0.3) is 0 Å². The van der Waals surface area contributed by atoms with Crippen molar-refractivity contribution in [1.29, 1.82) is 0 Å². The maximum absolute atomic E-state index is 9.63. The summed E-state index contributed by atoms with van der Waals surface area (Å²) in [6, 6.07) is 0. The molecule has 0 aliphatic rings. The van der Waals surface area contributed by atoms with E-state index in [-0.39, 0.29) is 41.3 Å². The van der Waals surface area contributed by atoms with Crippen molar-refractivity contribution in [3.05, 3.63) is 0 Å². The van der Waals surface area contributed by atoms with Gasteiger partial charge in [0.05, 0.1) is 0 Å². The van der Waals surface area contributed by atoms with Gasteiger partial charge in [-0.1, -0.05) is 0 Å². The van der Waals surface area contributed by atoms with Gasteiger partial charge in [0.2, 0.25) is 0 Å². The fourth-order valence-corrected chi connectivity index (χ4v) is 1.25. The van der Waals surface area contributed by atoms with Gasteiger partial charge in [-0.05, 0) is 0 Å². The molecule has 7 nitrogen and oxygen atoms in total. The summed E-state index contributed by atoms with van der Waals surface area (Å²) in [5, 5.41) is 0. The summed E-state index contributed by atoms with van der Waals surface area (Å²) in [6.45, 7) is 0. The summed E-state index contributed by atoms with van der Waals surface area (Å²) in [5.41, 5.74) is 0. The van der Waals surface area contributed by atoms with Gasteiger partial charge in [-0.2, -0.15) is 4.31 Å². The van der Waals surface area contributed by atoms with Gasteiger partial charge in [-0.25, -0.2) is 9.13 Å². The summed E-state index contributed by atoms with van der Waals surface area (Å²) >= 11 is 0. The van der Waals surface area contributed by atoms with E-state index in [1.54, 1.807) is 0 Å². The molecule has 0 unspecified atom stereocenters. The van der Waals surface area contributed by atoms with Gasteiger partial charge >= 0.3 is 39.6 Å². The second-order valence-electron chi connectivity index (χ2n) is 1.06. The van der Waals surface area contributed by atoms with Gasteiger partial charge in [-0.3, -0.25) is 0 Å². The van der Waals surface area contributed by atoms with Crippen LogP contribution in [0.2, 0.25) is 0 Å². The van der Waals surface area contributed by atoms with Gasteiger partial charge in [0.15, 0.2) is 17.4 Å². The van der Waals surface area contributed by atoms with Crippen LogP contribution in [-0.4, -0.2) is 60.8 Å². The van der Waals surface area contributed by atoms with E-state index < -0.39 is 15.6 Å². The van der Waals surface area contributed by atoms with Crippen LogP contribution in [0.3, 0.4) is 0 Å². The molecule has 0 heterocycles. The van der Waals surface area contributed by atoms with Crippen molar-refractivity contribution in [1.82, 2.24) is 0 Å². The van der Waals surface area contributed by atoms with Crippen molar-refractivity contribution < 1.29 is 33.0 Å². The summed E-state index contributed by atoms with van der Waals surface area (Å²) < 4.78 is 22.2. The van der Waals surface area contributed by atoms with Crippen LogP contribution in [0.1, 0.15) is 0 Å². The molecule has 0 amide bonds. The zero-order valence-corrected chi connectivity index (χ0v) is 10.4. The summed E-state index contributed by atoms with van der Waals surface area (Å²) in [6.07, 6.45) is 0. The third-order valence-corrected chi connectivity index (χ3v) is 1.91. The quantitative estimate of drug-likeness (QED) is 0.316. The van der Waals surface area contributed by atoms with E-state index in [1.165, 1.54) is 0 Å². The molecule has 68 valence electrons. The molecule has 0 bridgehead atoms. The van der Waals surface area contributed by atoms with Crippen LogP contribution in [0.15, 0.2) is 0 Å². The molecule has 0 spiro atoms. The molecule has 0 aromatic heterocycles. The fraction of sp³-hybridized carbons (Fsp3) is 0. The van der Waals surface area contributed by atoms with Crippen molar-refractivity contribution in [3.8, 4) is 0 Å². The first-order valence-corrected chi connectivity index (χ1v) is 4.59. The van der Waals surface area contributed by atoms with Crippen molar-refractivity contribution in [3.63, 3.8) is 0 Å². The molecule has 11 heavy (non-hydrogen) atoms. The van der Waals surface area contributed by atoms with Crippen LogP contribution < -0.4 is 0 Å². The van der Waals surface area contributed by atoms with Crippen molar-refractivity contribution >= 4 is 56.9 Å². The van der Waals surface area contributed by atoms with Gasteiger partial charge < -0.3 is 19.6 Å². The van der Waals surface area contributed by atoms with Crippen LogP contribution in [0, 0.1) is 0 Å². The summed E-state index contributed by atoms with van der Waals surface area (Å²) in [5.74, 6) is 0. The van der Waals surface area contributed by atoms with Crippen LogP contribution in [-0.2, 0) is 13.4 Å². The van der Waals surface area contributed by atoms with E-state index in [9.17, 15) is 9.13 Å². The Balaban J connectivity index is -0.000000320. The average Bonchev–Trinajstić information content (AvgIpc) is 1.14. The number of phosphoric acid groups is 2. The van der Waals surface area contributed by atoms with Crippen LogP contribution >= 0.6 is 15.6 Å². The molecule has 0 aromatic rings. The minimum atomic E-state index is -5.05. The van der Waals surface area contributed by atoms with E-state index in [4.69, 9.17) is 19.6 Å². The average molecular weight is 329 g/mol. The molecule has 11 heteroatoms. The third kappa shape index (κ3) is 18.5. The van der Waals surface area contributed by atoms with Crippen molar-refractivity contribution in [2.45, 2.75) is 0 Å². The zero-order chi connectivity index (χ0) is 7.71. The fourth-order valence-electron chi connectivity index (χ4n) is 0.139. The normalized spacial score (nSPS) is 11.3. The van der Waals surface area contributed by atoms with E-state index in [1.807, 2.05) is 0 Å². The van der Waals surface area contributed by atoms with E-state index in [0.29, 0.717) is 0 Å². The van der Waals surface area contributed by atoms with Gasteiger partial charge in [0.1, 0.15) is 0 Å². The number of hydrogen-bond donors (Lipinski definition) is 4. The summed E-state index contributed by atoms with van der Waals surface area (Å²) in [4.78, 5) is 31.0. The van der Waals surface area contributed by atoms with Crippen LogP contribution in [0.4, 0.5) is 0 Å². The first kappa shape index (κ1) is 18.4. The number of rotatable bonds is 2. The zero-order valence-electron chi connectivity index (χ0n) is 4.62. The van der Waals surface area contributed by atoms with Crippen LogP contribution in [0.5, 0.6) is 0 Å². The molecular weight excluding hydrogens is 320 g/mol. The Hall–Kier alpha value is 1.59. The minimum absolute atomic E-state index is 0. The Morgan fingerprint density at radius 3 is 1.09 bits per heavy atom. The molecule has 0 aliphatic heterocycles.